The molecular weight excluding hydrogens is 373 g/mol. The smallest absolute Gasteiger partial charge is 0.475 e. The number of carboxylic acid groups (broad SMARTS) is 1. The number of nitrogens with zero attached hydrogens (tertiary/aromatic N) is 2. The first-order chi connectivity index (χ1) is 12.1. The molecule has 2 aliphatic heterocycles. The van der Waals surface area contributed by atoms with Gasteiger partial charge in [-0.2, -0.15) is 13.2 Å². The Morgan fingerprint density at radius 3 is 2.50 bits per heavy atom. The molecule has 2 saturated heterocycles. The predicted octanol–water partition coefficient (Wildman–Crippen LogP) is 2.18. The number of carbonyl (C=O) groups is 2. The highest BCUT2D eigenvalue weighted by Crippen LogP contribution is 2.33. The van der Waals surface area contributed by atoms with Gasteiger partial charge in [-0.3, -0.25) is 4.79 Å². The molecule has 6 nitrogen and oxygen atoms in total. The molecule has 146 valence electrons. The third-order valence-electron chi connectivity index (χ3n) is 4.33. The summed E-state index contributed by atoms with van der Waals surface area (Å²) in [6, 6.07) is 3.84. The van der Waals surface area contributed by atoms with E-state index in [2.05, 4.69) is 11.9 Å². The Hall–Kier alpha value is -1.65. The minimum Gasteiger partial charge on any atom is -0.475 e. The molecule has 3 heterocycles. The third-order valence-corrected chi connectivity index (χ3v) is 5.19. The molecule has 1 aromatic rings. The molecule has 0 saturated carbocycles. The van der Waals surface area contributed by atoms with Crippen LogP contribution in [0.4, 0.5) is 13.2 Å². The van der Waals surface area contributed by atoms with E-state index in [1.165, 1.54) is 11.3 Å². The van der Waals surface area contributed by atoms with Gasteiger partial charge in [0.25, 0.3) is 5.91 Å². The van der Waals surface area contributed by atoms with Gasteiger partial charge in [-0.15, -0.1) is 11.3 Å². The van der Waals surface area contributed by atoms with E-state index in [4.69, 9.17) is 14.6 Å². The van der Waals surface area contributed by atoms with Crippen molar-refractivity contribution >= 4 is 23.2 Å². The number of hydrogen-bond acceptors (Lipinski definition) is 5. The van der Waals surface area contributed by atoms with Crippen LogP contribution in [0.3, 0.4) is 0 Å². The lowest BCUT2D eigenvalue weighted by Crippen LogP contribution is -2.42. The first-order valence-electron chi connectivity index (χ1n) is 8.02. The fourth-order valence-electron chi connectivity index (χ4n) is 3.13. The molecular formula is C16H21F3N2O4S. The van der Waals surface area contributed by atoms with Crippen LogP contribution < -0.4 is 0 Å². The van der Waals surface area contributed by atoms with E-state index in [-0.39, 0.29) is 11.3 Å². The van der Waals surface area contributed by atoms with Crippen LogP contribution in [0.2, 0.25) is 0 Å². The highest BCUT2D eigenvalue weighted by molar-refractivity contribution is 7.12. The molecule has 1 spiro atoms. The molecule has 1 amide bonds. The number of hydrogen-bond donors (Lipinski definition) is 1. The van der Waals surface area contributed by atoms with Gasteiger partial charge in [0.1, 0.15) is 0 Å². The monoisotopic (exact) mass is 394 g/mol. The fourth-order valence-corrected chi connectivity index (χ4v) is 3.82. The number of likely N-dealkylation sites (tertiary alicyclic amines) is 1. The number of thiophene rings is 1. The maximum Gasteiger partial charge on any atom is 0.490 e. The lowest BCUT2D eigenvalue weighted by atomic mass is 9.87. The van der Waals surface area contributed by atoms with E-state index in [0.717, 1.165) is 37.5 Å². The standard InChI is InChI=1S/C14H20N2O2S.C2HF3O2/c1-15-5-4-14(9-15)10-16(6-7-18-11-14)13(17)12-3-2-8-19-12;3-2(4,5)1(6)7/h2-3,8H,4-7,9-11H2,1H3;(H,6,7). The second kappa shape index (κ2) is 8.36. The van der Waals surface area contributed by atoms with Crippen molar-refractivity contribution in [2.45, 2.75) is 12.6 Å². The molecule has 1 atom stereocenters. The van der Waals surface area contributed by atoms with Gasteiger partial charge in [0, 0.05) is 25.0 Å². The van der Waals surface area contributed by atoms with Crippen molar-refractivity contribution in [3.8, 4) is 0 Å². The van der Waals surface area contributed by atoms with E-state index < -0.39 is 12.1 Å². The maximum atomic E-state index is 12.5. The van der Waals surface area contributed by atoms with Crippen LogP contribution in [-0.2, 0) is 9.53 Å². The summed E-state index contributed by atoms with van der Waals surface area (Å²) in [5.41, 5.74) is 0.137. The zero-order valence-electron chi connectivity index (χ0n) is 14.3. The van der Waals surface area contributed by atoms with Crippen LogP contribution in [0, 0.1) is 5.41 Å². The van der Waals surface area contributed by atoms with Crippen molar-refractivity contribution in [1.82, 2.24) is 9.80 Å². The van der Waals surface area contributed by atoms with E-state index in [0.29, 0.717) is 13.2 Å². The van der Waals surface area contributed by atoms with Crippen molar-refractivity contribution in [2.24, 2.45) is 5.41 Å². The van der Waals surface area contributed by atoms with Crippen molar-refractivity contribution < 1.29 is 32.6 Å². The number of rotatable bonds is 1. The normalized spacial score (nSPS) is 24.1. The number of aliphatic carboxylic acids is 1. The fraction of sp³-hybridized carbons (Fsp3) is 0.625. The van der Waals surface area contributed by atoms with E-state index >= 15 is 0 Å². The van der Waals surface area contributed by atoms with Gasteiger partial charge in [0.2, 0.25) is 0 Å². The number of carbonyl (C=O) groups excluding carboxylic acids is 1. The van der Waals surface area contributed by atoms with Gasteiger partial charge >= 0.3 is 12.1 Å². The number of alkyl halides is 3. The highest BCUT2D eigenvalue weighted by atomic mass is 32.1. The van der Waals surface area contributed by atoms with E-state index in [1.54, 1.807) is 0 Å². The van der Waals surface area contributed by atoms with Gasteiger partial charge in [0.05, 0.1) is 18.1 Å². The number of carboxylic acids is 1. The zero-order chi connectivity index (χ0) is 19.4. The van der Waals surface area contributed by atoms with Gasteiger partial charge in [-0.1, -0.05) is 6.07 Å². The minimum atomic E-state index is -5.08. The zero-order valence-corrected chi connectivity index (χ0v) is 15.1. The Bertz CT molecular complexity index is 624. The largest absolute Gasteiger partial charge is 0.490 e. The maximum absolute atomic E-state index is 12.5. The Morgan fingerprint density at radius 1 is 1.31 bits per heavy atom. The summed E-state index contributed by atoms with van der Waals surface area (Å²) < 4.78 is 37.5. The lowest BCUT2D eigenvalue weighted by molar-refractivity contribution is -0.192. The minimum absolute atomic E-state index is 0.137. The van der Waals surface area contributed by atoms with E-state index in [1.807, 2.05) is 22.4 Å². The number of amides is 1. The van der Waals surface area contributed by atoms with Crippen LogP contribution in [0.1, 0.15) is 16.1 Å². The second-order valence-corrected chi connectivity index (χ2v) is 7.49. The van der Waals surface area contributed by atoms with E-state index in [9.17, 15) is 18.0 Å². The molecule has 2 fully saturated rings. The summed E-state index contributed by atoms with van der Waals surface area (Å²) in [7, 11) is 2.14. The Balaban J connectivity index is 0.000000298. The molecule has 0 bridgehead atoms. The van der Waals surface area contributed by atoms with Gasteiger partial charge in [-0.25, -0.2) is 4.79 Å². The van der Waals surface area contributed by atoms with Crippen LogP contribution in [-0.4, -0.2) is 79.4 Å². The molecule has 0 aliphatic carbocycles. The SMILES string of the molecule is CN1CCC2(COCCN(C(=O)c3cccs3)C2)C1.O=C(O)C(F)(F)F. The van der Waals surface area contributed by atoms with Crippen molar-refractivity contribution in [3.05, 3.63) is 22.4 Å². The molecule has 2 aliphatic rings. The molecule has 26 heavy (non-hydrogen) atoms. The summed E-state index contributed by atoms with van der Waals surface area (Å²) in [4.78, 5) is 26.6. The molecule has 0 aromatic carbocycles. The average molecular weight is 394 g/mol. The third kappa shape index (κ3) is 5.42. The number of ether oxygens (including phenoxy) is 1. The molecule has 3 rings (SSSR count). The van der Waals surface area contributed by atoms with Gasteiger partial charge < -0.3 is 19.6 Å². The first-order valence-corrected chi connectivity index (χ1v) is 8.90. The first kappa shape index (κ1) is 20.7. The van der Waals surface area contributed by atoms with Gasteiger partial charge in [0.15, 0.2) is 0 Å². The second-order valence-electron chi connectivity index (χ2n) is 6.55. The quantitative estimate of drug-likeness (QED) is 0.791. The Labute approximate surface area is 153 Å². The van der Waals surface area contributed by atoms with Crippen LogP contribution in [0.5, 0.6) is 0 Å². The molecule has 0 radical (unpaired) electrons. The summed E-state index contributed by atoms with van der Waals surface area (Å²) in [6.07, 6.45) is -3.96. The van der Waals surface area contributed by atoms with Crippen molar-refractivity contribution in [2.75, 3.05) is 46.4 Å². The summed E-state index contributed by atoms with van der Waals surface area (Å²) in [6.45, 7) is 5.11. The van der Waals surface area contributed by atoms with Crippen molar-refractivity contribution in [3.63, 3.8) is 0 Å². The number of halogens is 3. The van der Waals surface area contributed by atoms with Crippen LogP contribution in [0.25, 0.3) is 0 Å². The summed E-state index contributed by atoms with van der Waals surface area (Å²) in [5, 5.41) is 9.08. The lowest BCUT2D eigenvalue weighted by Gasteiger charge is -2.31. The average Bonchev–Trinajstić information content (AvgIpc) is 3.15. The van der Waals surface area contributed by atoms with Crippen molar-refractivity contribution in [1.29, 1.82) is 0 Å². The molecule has 1 aromatic heterocycles. The Kier molecular flexibility index (Phi) is 6.64. The summed E-state index contributed by atoms with van der Waals surface area (Å²) >= 11 is 1.52. The van der Waals surface area contributed by atoms with Crippen LogP contribution in [0.15, 0.2) is 17.5 Å². The van der Waals surface area contributed by atoms with Gasteiger partial charge in [-0.05, 0) is 31.5 Å². The summed E-state index contributed by atoms with van der Waals surface area (Å²) in [5.74, 6) is -2.60. The molecule has 1 N–H and O–H groups in total. The highest BCUT2D eigenvalue weighted by Gasteiger charge is 2.41. The predicted molar refractivity (Wildman–Crippen MR) is 89.3 cm³/mol. The topological polar surface area (TPSA) is 70.1 Å². The molecule has 1 unspecified atom stereocenters. The Morgan fingerprint density at radius 2 is 2.00 bits per heavy atom. The molecule has 10 heteroatoms. The van der Waals surface area contributed by atoms with Crippen LogP contribution >= 0.6 is 11.3 Å².